The molecule has 1 heterocycles. The zero-order valence-corrected chi connectivity index (χ0v) is 9.80. The highest BCUT2D eigenvalue weighted by atomic mass is 19.2. The number of benzene rings is 1. The van der Waals surface area contributed by atoms with E-state index in [1.54, 1.807) is 4.90 Å². The molecule has 0 aromatic heterocycles. The second-order valence-electron chi connectivity index (χ2n) is 4.57. The van der Waals surface area contributed by atoms with Gasteiger partial charge in [0.1, 0.15) is 0 Å². The van der Waals surface area contributed by atoms with Crippen LogP contribution >= 0.6 is 0 Å². The molecule has 0 spiro atoms. The largest absolute Gasteiger partial charge is 0.366 e. The van der Waals surface area contributed by atoms with Gasteiger partial charge in [0, 0.05) is 25.2 Å². The van der Waals surface area contributed by atoms with Gasteiger partial charge in [-0.25, -0.2) is 13.2 Å². The summed E-state index contributed by atoms with van der Waals surface area (Å²) >= 11 is 0. The quantitative estimate of drug-likeness (QED) is 0.762. The van der Waals surface area contributed by atoms with Crippen LogP contribution in [0.5, 0.6) is 0 Å². The molecule has 1 aliphatic heterocycles. The maximum Gasteiger partial charge on any atom is 0.196 e. The Morgan fingerprint density at radius 1 is 1.06 bits per heavy atom. The molecule has 2 unspecified atom stereocenters. The Bertz CT molecular complexity index is 412. The first-order valence-corrected chi connectivity index (χ1v) is 5.63. The van der Waals surface area contributed by atoms with Crippen molar-refractivity contribution in [1.82, 2.24) is 5.32 Å². The first-order chi connectivity index (χ1) is 7.99. The van der Waals surface area contributed by atoms with Crippen LogP contribution in [-0.4, -0.2) is 25.2 Å². The van der Waals surface area contributed by atoms with E-state index in [1.807, 2.05) is 13.8 Å². The molecular formula is C12H15F3N2. The van der Waals surface area contributed by atoms with E-state index in [0.29, 0.717) is 13.1 Å². The van der Waals surface area contributed by atoms with Gasteiger partial charge in [0.25, 0.3) is 0 Å². The van der Waals surface area contributed by atoms with Crippen LogP contribution in [0.3, 0.4) is 0 Å². The highest BCUT2D eigenvalue weighted by Crippen LogP contribution is 2.25. The van der Waals surface area contributed by atoms with E-state index in [-0.39, 0.29) is 17.8 Å². The molecule has 94 valence electrons. The lowest BCUT2D eigenvalue weighted by molar-refractivity contribution is 0.397. The number of anilines is 1. The fourth-order valence-corrected chi connectivity index (χ4v) is 2.28. The number of hydrogen-bond donors (Lipinski definition) is 1. The zero-order chi connectivity index (χ0) is 12.6. The third kappa shape index (κ3) is 2.39. The number of rotatable bonds is 1. The predicted molar refractivity (Wildman–Crippen MR) is 60.6 cm³/mol. The maximum absolute atomic E-state index is 13.6. The minimum atomic E-state index is -1.40. The summed E-state index contributed by atoms with van der Waals surface area (Å²) in [5.41, 5.74) is 0.129. The summed E-state index contributed by atoms with van der Waals surface area (Å²) in [6.45, 7) is 5.10. The average molecular weight is 244 g/mol. The van der Waals surface area contributed by atoms with Gasteiger partial charge >= 0.3 is 0 Å². The van der Waals surface area contributed by atoms with E-state index >= 15 is 0 Å². The third-order valence-electron chi connectivity index (χ3n) is 2.91. The van der Waals surface area contributed by atoms with Crippen LogP contribution in [0.25, 0.3) is 0 Å². The summed E-state index contributed by atoms with van der Waals surface area (Å²) in [7, 11) is 0. The van der Waals surface area contributed by atoms with Crippen LogP contribution in [0.1, 0.15) is 13.8 Å². The van der Waals surface area contributed by atoms with Crippen molar-refractivity contribution in [2.75, 3.05) is 18.0 Å². The molecule has 1 aromatic rings. The number of halogens is 3. The van der Waals surface area contributed by atoms with Crippen LogP contribution in [0.4, 0.5) is 18.9 Å². The van der Waals surface area contributed by atoms with Crippen LogP contribution in [0.2, 0.25) is 0 Å². The fourth-order valence-electron chi connectivity index (χ4n) is 2.28. The number of piperazine rings is 1. The van der Waals surface area contributed by atoms with Crippen molar-refractivity contribution >= 4 is 5.69 Å². The highest BCUT2D eigenvalue weighted by Gasteiger charge is 2.25. The van der Waals surface area contributed by atoms with E-state index in [2.05, 4.69) is 5.32 Å². The minimum absolute atomic E-state index is 0.129. The van der Waals surface area contributed by atoms with Crippen molar-refractivity contribution in [3.63, 3.8) is 0 Å². The monoisotopic (exact) mass is 244 g/mol. The van der Waals surface area contributed by atoms with Crippen molar-refractivity contribution in [3.8, 4) is 0 Å². The number of nitrogens with zero attached hydrogens (tertiary/aromatic N) is 1. The lowest BCUT2D eigenvalue weighted by Gasteiger charge is -2.37. The predicted octanol–water partition coefficient (Wildman–Crippen LogP) is 2.29. The molecule has 0 bridgehead atoms. The number of hydrogen-bond acceptors (Lipinski definition) is 2. The van der Waals surface area contributed by atoms with Gasteiger partial charge in [0.2, 0.25) is 0 Å². The molecule has 0 radical (unpaired) electrons. The maximum atomic E-state index is 13.6. The first kappa shape index (κ1) is 12.2. The van der Waals surface area contributed by atoms with Crippen molar-refractivity contribution in [2.45, 2.75) is 25.9 Å². The van der Waals surface area contributed by atoms with E-state index < -0.39 is 17.5 Å². The van der Waals surface area contributed by atoms with Crippen molar-refractivity contribution in [3.05, 3.63) is 29.6 Å². The Kier molecular flexibility index (Phi) is 3.28. The molecule has 1 aliphatic rings. The van der Waals surface area contributed by atoms with Gasteiger partial charge in [0.05, 0.1) is 5.69 Å². The molecule has 0 amide bonds. The SMILES string of the molecule is CC1CN(c2ccc(F)c(F)c2F)CC(C)N1. The van der Waals surface area contributed by atoms with Gasteiger partial charge in [0.15, 0.2) is 17.5 Å². The average Bonchev–Trinajstić information content (AvgIpc) is 2.24. The molecule has 1 fully saturated rings. The third-order valence-corrected chi connectivity index (χ3v) is 2.91. The molecule has 17 heavy (non-hydrogen) atoms. The highest BCUT2D eigenvalue weighted by molar-refractivity contribution is 5.49. The Labute approximate surface area is 98.4 Å². The van der Waals surface area contributed by atoms with Crippen LogP contribution in [0, 0.1) is 17.5 Å². The van der Waals surface area contributed by atoms with E-state index in [9.17, 15) is 13.2 Å². The summed E-state index contributed by atoms with van der Waals surface area (Å²) in [5, 5.41) is 3.29. The topological polar surface area (TPSA) is 15.3 Å². The minimum Gasteiger partial charge on any atom is -0.366 e. The Morgan fingerprint density at radius 2 is 1.65 bits per heavy atom. The lowest BCUT2D eigenvalue weighted by Crippen LogP contribution is -2.54. The normalized spacial score (nSPS) is 25.1. The second kappa shape index (κ2) is 4.56. The molecule has 2 atom stereocenters. The summed E-state index contributed by atoms with van der Waals surface area (Å²) < 4.78 is 39.6. The molecule has 2 nitrogen and oxygen atoms in total. The smallest absolute Gasteiger partial charge is 0.196 e. The molecular weight excluding hydrogens is 229 g/mol. The van der Waals surface area contributed by atoms with Crippen LogP contribution in [-0.2, 0) is 0 Å². The molecule has 0 saturated carbocycles. The zero-order valence-electron chi connectivity index (χ0n) is 9.80. The molecule has 5 heteroatoms. The van der Waals surface area contributed by atoms with Crippen molar-refractivity contribution in [1.29, 1.82) is 0 Å². The standard InChI is InChI=1S/C12H15F3N2/c1-7-5-17(6-8(2)16-7)10-4-3-9(13)11(14)12(10)15/h3-4,7-8,16H,5-6H2,1-2H3. The Morgan fingerprint density at radius 3 is 2.24 bits per heavy atom. The van der Waals surface area contributed by atoms with Crippen LogP contribution < -0.4 is 10.2 Å². The van der Waals surface area contributed by atoms with E-state index in [1.165, 1.54) is 6.07 Å². The summed E-state index contributed by atoms with van der Waals surface area (Å²) in [6.07, 6.45) is 0. The van der Waals surface area contributed by atoms with Crippen LogP contribution in [0.15, 0.2) is 12.1 Å². The van der Waals surface area contributed by atoms with Gasteiger partial charge in [-0.1, -0.05) is 0 Å². The summed E-state index contributed by atoms with van der Waals surface area (Å²) in [5.74, 6) is -3.66. The molecule has 0 aliphatic carbocycles. The van der Waals surface area contributed by atoms with Crippen molar-refractivity contribution < 1.29 is 13.2 Å². The van der Waals surface area contributed by atoms with Gasteiger partial charge in [-0.15, -0.1) is 0 Å². The molecule has 1 aromatic carbocycles. The Hall–Kier alpha value is -1.23. The van der Waals surface area contributed by atoms with E-state index in [0.717, 1.165) is 6.07 Å². The second-order valence-corrected chi connectivity index (χ2v) is 4.57. The Balaban J connectivity index is 2.31. The van der Waals surface area contributed by atoms with Crippen molar-refractivity contribution in [2.24, 2.45) is 0 Å². The summed E-state index contributed by atoms with van der Waals surface area (Å²) in [6, 6.07) is 2.63. The van der Waals surface area contributed by atoms with E-state index in [4.69, 9.17) is 0 Å². The molecule has 1 saturated heterocycles. The fraction of sp³-hybridized carbons (Fsp3) is 0.500. The van der Waals surface area contributed by atoms with Gasteiger partial charge < -0.3 is 10.2 Å². The molecule has 1 N–H and O–H groups in total. The van der Waals surface area contributed by atoms with Gasteiger partial charge in [-0.2, -0.15) is 0 Å². The van der Waals surface area contributed by atoms with Gasteiger partial charge in [-0.05, 0) is 26.0 Å². The molecule has 2 rings (SSSR count). The van der Waals surface area contributed by atoms with Gasteiger partial charge in [-0.3, -0.25) is 0 Å². The lowest BCUT2D eigenvalue weighted by atomic mass is 10.1. The summed E-state index contributed by atoms with van der Waals surface area (Å²) in [4.78, 5) is 1.74. The first-order valence-electron chi connectivity index (χ1n) is 5.63. The number of nitrogens with one attached hydrogen (secondary N) is 1.